The summed E-state index contributed by atoms with van der Waals surface area (Å²) in [6, 6.07) is 11.8. The Bertz CT molecular complexity index is 962. The van der Waals surface area contributed by atoms with Gasteiger partial charge in [-0.25, -0.2) is 9.78 Å². The van der Waals surface area contributed by atoms with Crippen molar-refractivity contribution in [1.29, 1.82) is 5.26 Å². The third kappa shape index (κ3) is 3.99. The van der Waals surface area contributed by atoms with E-state index in [2.05, 4.69) is 15.5 Å². The summed E-state index contributed by atoms with van der Waals surface area (Å²) in [4.78, 5) is 18.3. The lowest BCUT2D eigenvalue weighted by molar-refractivity contribution is 0.256. The van der Waals surface area contributed by atoms with Crippen molar-refractivity contribution in [2.75, 3.05) is 10.2 Å². The van der Waals surface area contributed by atoms with Crippen LogP contribution in [0.15, 0.2) is 53.4 Å². The minimum atomic E-state index is -0.367. The van der Waals surface area contributed by atoms with Gasteiger partial charge >= 0.3 is 6.03 Å². The molecule has 2 heterocycles. The lowest BCUT2D eigenvalue weighted by atomic mass is 10.2. The number of nitrogens with zero attached hydrogens (tertiary/aromatic N) is 4. The second kappa shape index (κ2) is 7.68. The van der Waals surface area contributed by atoms with Crippen LogP contribution in [0.4, 0.5) is 16.2 Å². The van der Waals surface area contributed by atoms with Gasteiger partial charge < -0.3 is 9.84 Å². The molecule has 7 nitrogen and oxygen atoms in total. The van der Waals surface area contributed by atoms with Crippen LogP contribution in [0.5, 0.6) is 0 Å². The largest absolute Gasteiger partial charge is 0.362 e. The number of aromatic nitrogens is 2. The Labute approximate surface area is 154 Å². The molecular weight excluding hydrogens is 354 g/mol. The van der Waals surface area contributed by atoms with Gasteiger partial charge in [-0.05, 0) is 48.9 Å². The average Bonchev–Trinajstić information content (AvgIpc) is 3.07. The topological polar surface area (TPSA) is 95.1 Å². The minimum absolute atomic E-state index is 0.221. The summed E-state index contributed by atoms with van der Waals surface area (Å²) < 4.78 is 4.97. The van der Waals surface area contributed by atoms with Crippen LogP contribution < -0.4 is 10.2 Å². The van der Waals surface area contributed by atoms with E-state index < -0.39 is 0 Å². The van der Waals surface area contributed by atoms with Gasteiger partial charge in [0.25, 0.3) is 0 Å². The zero-order valence-electron chi connectivity index (χ0n) is 13.8. The first-order valence-corrected chi connectivity index (χ1v) is 8.04. The molecule has 0 aliphatic heterocycles. The number of pyridine rings is 1. The fraction of sp³-hybridized carbons (Fsp3) is 0.111. The van der Waals surface area contributed by atoms with Crippen LogP contribution in [0.1, 0.15) is 17.0 Å². The highest BCUT2D eigenvalue weighted by Gasteiger charge is 2.21. The van der Waals surface area contributed by atoms with E-state index in [0.29, 0.717) is 22.1 Å². The van der Waals surface area contributed by atoms with Gasteiger partial charge in [0.2, 0.25) is 0 Å². The molecule has 8 heteroatoms. The molecule has 1 aromatic carbocycles. The molecule has 0 saturated heterocycles. The lowest BCUT2D eigenvalue weighted by Crippen LogP contribution is -2.34. The number of amides is 2. The first kappa shape index (κ1) is 17.5. The first-order valence-electron chi connectivity index (χ1n) is 7.67. The second-order valence-electron chi connectivity index (χ2n) is 5.47. The van der Waals surface area contributed by atoms with Crippen LogP contribution in [0, 0.1) is 18.3 Å². The molecule has 0 bridgehead atoms. The van der Waals surface area contributed by atoms with Crippen LogP contribution in [0.25, 0.3) is 0 Å². The third-order valence-corrected chi connectivity index (χ3v) is 3.89. The van der Waals surface area contributed by atoms with Gasteiger partial charge in [0.15, 0.2) is 0 Å². The van der Waals surface area contributed by atoms with E-state index in [4.69, 9.17) is 21.4 Å². The van der Waals surface area contributed by atoms with Gasteiger partial charge in [0.05, 0.1) is 6.54 Å². The highest BCUT2D eigenvalue weighted by Crippen LogP contribution is 2.23. The Morgan fingerprint density at radius 2 is 2.12 bits per heavy atom. The quantitative estimate of drug-likeness (QED) is 0.747. The Hall–Kier alpha value is -3.37. The van der Waals surface area contributed by atoms with E-state index in [1.807, 2.05) is 6.07 Å². The predicted octanol–water partition coefficient (Wildman–Crippen LogP) is 4.14. The molecule has 0 fully saturated rings. The number of carbonyl (C=O) groups excluding carboxylic acids is 1. The molecule has 0 aliphatic carbocycles. The number of aryl methyl sites for hydroxylation is 1. The zero-order valence-corrected chi connectivity index (χ0v) is 14.6. The monoisotopic (exact) mass is 367 g/mol. The summed E-state index contributed by atoms with van der Waals surface area (Å²) in [7, 11) is 0. The number of nitrogens with one attached hydrogen (secondary N) is 1. The Morgan fingerprint density at radius 1 is 1.35 bits per heavy atom. The van der Waals surface area contributed by atoms with Crippen LogP contribution in [0.3, 0.4) is 0 Å². The minimum Gasteiger partial charge on any atom is -0.362 e. The number of hydrogen-bond acceptors (Lipinski definition) is 5. The Balaban J connectivity index is 1.88. The maximum absolute atomic E-state index is 12.8. The van der Waals surface area contributed by atoms with Gasteiger partial charge in [0, 0.05) is 16.9 Å². The molecule has 0 atom stereocenters. The summed E-state index contributed by atoms with van der Waals surface area (Å²) in [5.74, 6) is 0. The van der Waals surface area contributed by atoms with Crippen molar-refractivity contribution >= 4 is 29.0 Å². The summed E-state index contributed by atoms with van der Waals surface area (Å²) in [5, 5.41) is 16.2. The molecule has 0 spiro atoms. The van der Waals surface area contributed by atoms with Crippen LogP contribution in [-0.4, -0.2) is 16.2 Å². The normalized spacial score (nSPS) is 10.2. The van der Waals surface area contributed by atoms with Gasteiger partial charge in [-0.2, -0.15) is 5.26 Å². The fourth-order valence-electron chi connectivity index (χ4n) is 2.35. The summed E-state index contributed by atoms with van der Waals surface area (Å²) in [6.45, 7) is 1.97. The molecular formula is C18H14ClN5O2. The Morgan fingerprint density at radius 3 is 2.77 bits per heavy atom. The summed E-state index contributed by atoms with van der Waals surface area (Å²) >= 11 is 5.87. The molecule has 0 radical (unpaired) electrons. The molecule has 3 aromatic rings. The predicted molar refractivity (Wildman–Crippen MR) is 96.8 cm³/mol. The number of carbonyl (C=O) groups is 1. The van der Waals surface area contributed by atoms with Crippen molar-refractivity contribution in [3.05, 3.63) is 70.8 Å². The number of urea groups is 1. The van der Waals surface area contributed by atoms with E-state index in [0.717, 1.165) is 5.56 Å². The average molecular weight is 368 g/mol. The van der Waals surface area contributed by atoms with Crippen LogP contribution >= 0.6 is 11.6 Å². The van der Waals surface area contributed by atoms with Crippen molar-refractivity contribution in [3.8, 4) is 6.07 Å². The SMILES string of the molecule is Cc1nocc1N(Cc1ccnc(C#N)c1)C(=O)Nc1ccc(Cl)cc1. The molecule has 0 unspecified atom stereocenters. The van der Waals surface area contributed by atoms with Crippen LogP contribution in [-0.2, 0) is 6.54 Å². The van der Waals surface area contributed by atoms with Crippen molar-refractivity contribution < 1.29 is 9.32 Å². The number of nitriles is 1. The maximum Gasteiger partial charge on any atom is 0.326 e. The van der Waals surface area contributed by atoms with E-state index in [9.17, 15) is 4.79 Å². The number of anilines is 2. The maximum atomic E-state index is 12.8. The molecule has 3 rings (SSSR count). The highest BCUT2D eigenvalue weighted by atomic mass is 35.5. The number of benzene rings is 1. The standard InChI is InChI=1S/C18H14ClN5O2/c1-12-17(11-26-23-12)24(10-13-6-7-21-16(8-13)9-20)18(25)22-15-4-2-14(19)3-5-15/h2-8,11H,10H2,1H3,(H,22,25). The number of hydrogen-bond donors (Lipinski definition) is 1. The molecule has 2 amide bonds. The molecule has 2 aromatic heterocycles. The smallest absolute Gasteiger partial charge is 0.326 e. The number of halogens is 1. The highest BCUT2D eigenvalue weighted by molar-refractivity contribution is 6.30. The van der Waals surface area contributed by atoms with Gasteiger partial charge in [-0.15, -0.1) is 0 Å². The van der Waals surface area contributed by atoms with Crippen molar-refractivity contribution in [3.63, 3.8) is 0 Å². The first-order chi connectivity index (χ1) is 12.6. The van der Waals surface area contributed by atoms with Gasteiger partial charge in [-0.3, -0.25) is 4.90 Å². The van der Waals surface area contributed by atoms with Gasteiger partial charge in [0.1, 0.15) is 29.4 Å². The van der Waals surface area contributed by atoms with E-state index >= 15 is 0 Å². The van der Waals surface area contributed by atoms with Gasteiger partial charge in [-0.1, -0.05) is 16.8 Å². The summed E-state index contributed by atoms with van der Waals surface area (Å²) in [6.07, 6.45) is 2.94. The molecule has 26 heavy (non-hydrogen) atoms. The van der Waals surface area contributed by atoms with Crippen molar-refractivity contribution in [2.45, 2.75) is 13.5 Å². The molecule has 130 valence electrons. The van der Waals surface area contributed by atoms with E-state index in [-0.39, 0.29) is 18.3 Å². The van der Waals surface area contributed by atoms with Crippen molar-refractivity contribution in [1.82, 2.24) is 10.1 Å². The van der Waals surface area contributed by atoms with Crippen LogP contribution in [0.2, 0.25) is 5.02 Å². The second-order valence-corrected chi connectivity index (χ2v) is 5.91. The number of rotatable bonds is 4. The van der Waals surface area contributed by atoms with E-state index in [1.54, 1.807) is 43.3 Å². The molecule has 0 aliphatic rings. The van der Waals surface area contributed by atoms with Crippen molar-refractivity contribution in [2.24, 2.45) is 0 Å². The van der Waals surface area contributed by atoms with E-state index in [1.165, 1.54) is 17.4 Å². The molecule has 1 N–H and O–H groups in total. The zero-order chi connectivity index (χ0) is 18.5. The molecule has 0 saturated carbocycles. The fourth-order valence-corrected chi connectivity index (χ4v) is 2.48. The third-order valence-electron chi connectivity index (χ3n) is 3.64. The summed E-state index contributed by atoms with van der Waals surface area (Å²) in [5.41, 5.74) is 2.74. The Kier molecular flexibility index (Phi) is 5.15. The lowest BCUT2D eigenvalue weighted by Gasteiger charge is -2.22.